The first-order valence-electron chi connectivity index (χ1n) is 7.50. The van der Waals surface area contributed by atoms with E-state index in [2.05, 4.69) is 17.3 Å². The average molecular weight is 285 g/mol. The van der Waals surface area contributed by atoms with Crippen LogP contribution in [-0.4, -0.2) is 22.2 Å². The van der Waals surface area contributed by atoms with Gasteiger partial charge in [0.25, 0.3) is 0 Å². The second kappa shape index (κ2) is 7.07. The number of para-hydroxylation sites is 1. The highest BCUT2D eigenvalue weighted by molar-refractivity contribution is 5.79. The summed E-state index contributed by atoms with van der Waals surface area (Å²) in [5.41, 5.74) is 4.00. The molecule has 0 spiro atoms. The van der Waals surface area contributed by atoms with E-state index in [0.29, 0.717) is 6.42 Å². The predicted molar refractivity (Wildman–Crippen MR) is 84.7 cm³/mol. The van der Waals surface area contributed by atoms with Crippen molar-refractivity contribution in [1.29, 1.82) is 0 Å². The van der Waals surface area contributed by atoms with Crippen LogP contribution in [0.2, 0.25) is 0 Å². The largest absolute Gasteiger partial charge is 0.356 e. The molecule has 0 radical (unpaired) electrons. The van der Waals surface area contributed by atoms with Gasteiger partial charge >= 0.3 is 0 Å². The van der Waals surface area contributed by atoms with Gasteiger partial charge in [-0.15, -0.1) is 0 Å². The van der Waals surface area contributed by atoms with Crippen LogP contribution < -0.4 is 5.32 Å². The van der Waals surface area contributed by atoms with Crippen molar-refractivity contribution in [2.45, 2.75) is 40.0 Å². The zero-order valence-corrected chi connectivity index (χ0v) is 13.0. The molecule has 1 N–H and O–H groups in total. The average Bonchev–Trinajstić information content (AvgIpc) is 2.76. The number of carbonyl (C=O) groups is 1. The molecule has 21 heavy (non-hydrogen) atoms. The number of nitrogens with zero attached hydrogens (tertiary/aromatic N) is 2. The summed E-state index contributed by atoms with van der Waals surface area (Å²) in [6.45, 7) is 6.84. The van der Waals surface area contributed by atoms with Gasteiger partial charge in [0, 0.05) is 17.8 Å². The molecule has 2 aromatic rings. The molecule has 0 aliphatic heterocycles. The number of benzene rings is 1. The van der Waals surface area contributed by atoms with Gasteiger partial charge in [0.05, 0.1) is 17.8 Å². The van der Waals surface area contributed by atoms with Crippen LogP contribution in [0.25, 0.3) is 5.69 Å². The second-order valence-corrected chi connectivity index (χ2v) is 5.28. The van der Waals surface area contributed by atoms with Gasteiger partial charge < -0.3 is 5.32 Å². The van der Waals surface area contributed by atoms with Gasteiger partial charge in [-0.2, -0.15) is 5.10 Å². The Morgan fingerprint density at radius 3 is 2.62 bits per heavy atom. The Labute approximate surface area is 126 Å². The summed E-state index contributed by atoms with van der Waals surface area (Å²) in [6, 6.07) is 10.00. The lowest BCUT2D eigenvalue weighted by molar-refractivity contribution is -0.120. The molecule has 1 heterocycles. The fraction of sp³-hybridized carbons (Fsp3) is 0.412. The maximum Gasteiger partial charge on any atom is 0.224 e. The normalized spacial score (nSPS) is 10.6. The lowest BCUT2D eigenvalue weighted by Gasteiger charge is -2.06. The molecule has 4 heteroatoms. The van der Waals surface area contributed by atoms with Crippen LogP contribution in [0, 0.1) is 13.8 Å². The van der Waals surface area contributed by atoms with Gasteiger partial charge in [0.15, 0.2) is 0 Å². The van der Waals surface area contributed by atoms with E-state index in [1.54, 1.807) is 0 Å². The van der Waals surface area contributed by atoms with E-state index < -0.39 is 0 Å². The molecular weight excluding hydrogens is 262 g/mol. The molecule has 112 valence electrons. The number of amides is 1. The number of hydrogen-bond donors (Lipinski definition) is 1. The number of aryl methyl sites for hydroxylation is 1. The molecule has 0 aliphatic rings. The number of carbonyl (C=O) groups excluding carboxylic acids is 1. The van der Waals surface area contributed by atoms with E-state index in [1.165, 1.54) is 0 Å². The van der Waals surface area contributed by atoms with Crippen molar-refractivity contribution in [1.82, 2.24) is 15.1 Å². The Bertz CT molecular complexity index is 602. The predicted octanol–water partition coefficient (Wildman–Crippen LogP) is 2.95. The smallest absolute Gasteiger partial charge is 0.224 e. The first-order valence-corrected chi connectivity index (χ1v) is 7.50. The van der Waals surface area contributed by atoms with E-state index in [1.807, 2.05) is 48.9 Å². The molecule has 1 aromatic heterocycles. The molecule has 1 amide bonds. The Balaban J connectivity index is 2.15. The van der Waals surface area contributed by atoms with Gasteiger partial charge in [0.2, 0.25) is 5.91 Å². The Morgan fingerprint density at radius 2 is 1.95 bits per heavy atom. The van der Waals surface area contributed by atoms with E-state index >= 15 is 0 Å². The molecule has 0 fully saturated rings. The minimum Gasteiger partial charge on any atom is -0.356 e. The van der Waals surface area contributed by atoms with Crippen LogP contribution in [0.15, 0.2) is 30.3 Å². The molecule has 2 rings (SSSR count). The number of aromatic nitrogens is 2. The van der Waals surface area contributed by atoms with Crippen molar-refractivity contribution in [2.75, 3.05) is 6.54 Å². The Hall–Kier alpha value is -2.10. The summed E-state index contributed by atoms with van der Waals surface area (Å²) in [5, 5.41) is 7.53. The number of unbranched alkanes of at least 4 members (excludes halogenated alkanes) is 1. The number of nitrogens with one attached hydrogen (secondary N) is 1. The molecule has 0 atom stereocenters. The molecule has 0 saturated carbocycles. The van der Waals surface area contributed by atoms with E-state index in [9.17, 15) is 4.79 Å². The standard InChI is InChI=1S/C17H23N3O/c1-4-5-11-18-17(21)12-16-13(2)19-20(14(16)3)15-9-7-6-8-10-15/h6-10H,4-5,11-12H2,1-3H3,(H,18,21). The van der Waals surface area contributed by atoms with Crippen LogP contribution in [0.3, 0.4) is 0 Å². The lowest BCUT2D eigenvalue weighted by atomic mass is 10.1. The van der Waals surface area contributed by atoms with Crippen LogP contribution >= 0.6 is 0 Å². The van der Waals surface area contributed by atoms with Crippen molar-refractivity contribution < 1.29 is 4.79 Å². The fourth-order valence-electron chi connectivity index (χ4n) is 2.38. The van der Waals surface area contributed by atoms with Gasteiger partial charge in [0.1, 0.15) is 0 Å². The maximum absolute atomic E-state index is 12.0. The van der Waals surface area contributed by atoms with E-state index in [-0.39, 0.29) is 5.91 Å². The van der Waals surface area contributed by atoms with Gasteiger partial charge in [-0.25, -0.2) is 4.68 Å². The monoisotopic (exact) mass is 285 g/mol. The topological polar surface area (TPSA) is 46.9 Å². The van der Waals surface area contributed by atoms with Crippen molar-refractivity contribution in [3.05, 3.63) is 47.3 Å². The SMILES string of the molecule is CCCCNC(=O)Cc1c(C)nn(-c2ccccc2)c1C. The summed E-state index contributed by atoms with van der Waals surface area (Å²) in [4.78, 5) is 12.0. The third-order valence-electron chi connectivity index (χ3n) is 3.63. The van der Waals surface area contributed by atoms with Crippen LogP contribution in [-0.2, 0) is 11.2 Å². The van der Waals surface area contributed by atoms with Crippen molar-refractivity contribution >= 4 is 5.91 Å². The lowest BCUT2D eigenvalue weighted by Crippen LogP contribution is -2.26. The molecule has 0 aliphatic carbocycles. The van der Waals surface area contributed by atoms with E-state index in [4.69, 9.17) is 0 Å². The molecular formula is C17H23N3O. The first-order chi connectivity index (χ1) is 10.1. The van der Waals surface area contributed by atoms with Crippen LogP contribution in [0.1, 0.15) is 36.7 Å². The summed E-state index contributed by atoms with van der Waals surface area (Å²) in [5.74, 6) is 0.0715. The number of hydrogen-bond acceptors (Lipinski definition) is 2. The quantitative estimate of drug-likeness (QED) is 0.829. The van der Waals surface area contributed by atoms with Gasteiger partial charge in [-0.1, -0.05) is 31.5 Å². The molecule has 0 saturated heterocycles. The first kappa shape index (κ1) is 15.3. The number of rotatable bonds is 6. The molecule has 1 aromatic carbocycles. The zero-order chi connectivity index (χ0) is 15.2. The van der Waals surface area contributed by atoms with Crippen molar-refractivity contribution in [3.8, 4) is 5.69 Å². The Kier molecular flexibility index (Phi) is 5.14. The van der Waals surface area contributed by atoms with E-state index in [0.717, 1.165) is 42.0 Å². The summed E-state index contributed by atoms with van der Waals surface area (Å²) < 4.78 is 1.91. The highest BCUT2D eigenvalue weighted by Crippen LogP contribution is 2.18. The van der Waals surface area contributed by atoms with Gasteiger partial charge in [-0.05, 0) is 32.4 Å². The van der Waals surface area contributed by atoms with Gasteiger partial charge in [-0.3, -0.25) is 4.79 Å². The maximum atomic E-state index is 12.0. The minimum absolute atomic E-state index is 0.0715. The van der Waals surface area contributed by atoms with Crippen LogP contribution in [0.5, 0.6) is 0 Å². The second-order valence-electron chi connectivity index (χ2n) is 5.28. The minimum atomic E-state index is 0.0715. The highest BCUT2D eigenvalue weighted by Gasteiger charge is 2.15. The molecule has 4 nitrogen and oxygen atoms in total. The third-order valence-corrected chi connectivity index (χ3v) is 3.63. The summed E-state index contributed by atoms with van der Waals surface area (Å²) in [7, 11) is 0. The highest BCUT2D eigenvalue weighted by atomic mass is 16.1. The summed E-state index contributed by atoms with van der Waals surface area (Å²) >= 11 is 0. The zero-order valence-electron chi connectivity index (χ0n) is 13.0. The summed E-state index contributed by atoms with van der Waals surface area (Å²) in [6.07, 6.45) is 2.51. The Morgan fingerprint density at radius 1 is 1.24 bits per heavy atom. The van der Waals surface area contributed by atoms with Crippen molar-refractivity contribution in [2.24, 2.45) is 0 Å². The molecule has 0 bridgehead atoms. The van der Waals surface area contributed by atoms with Crippen molar-refractivity contribution in [3.63, 3.8) is 0 Å². The van der Waals surface area contributed by atoms with Crippen LogP contribution in [0.4, 0.5) is 0 Å². The third kappa shape index (κ3) is 3.72. The molecule has 0 unspecified atom stereocenters. The fourth-order valence-corrected chi connectivity index (χ4v) is 2.38.